The maximum absolute atomic E-state index is 11.9. The summed E-state index contributed by atoms with van der Waals surface area (Å²) in [7, 11) is 1.61. The van der Waals surface area contributed by atoms with Crippen molar-refractivity contribution in [3.63, 3.8) is 0 Å². The maximum atomic E-state index is 11.9. The van der Waals surface area contributed by atoms with E-state index in [0.29, 0.717) is 18.2 Å². The first-order chi connectivity index (χ1) is 16.7. The highest BCUT2D eigenvalue weighted by Gasteiger charge is 2.24. The monoisotopic (exact) mass is 459 g/mol. The molecule has 1 aliphatic carbocycles. The maximum Gasteiger partial charge on any atom is 0.269 e. The highest BCUT2D eigenvalue weighted by atomic mass is 16.5. The lowest BCUT2D eigenvalue weighted by atomic mass is 9.84. The highest BCUT2D eigenvalue weighted by molar-refractivity contribution is 5.92. The van der Waals surface area contributed by atoms with Crippen LogP contribution in [0.3, 0.4) is 0 Å². The van der Waals surface area contributed by atoms with Crippen LogP contribution in [0, 0.1) is 5.92 Å². The SMILES string of the molecule is CNC(=O)c1cc(CC2CCC(Oc3cc(C4=CCOCC4)cc4nccnc34)CC2)ncn1. The predicted octanol–water partition coefficient (Wildman–Crippen LogP) is 3.76. The number of nitrogens with one attached hydrogen (secondary N) is 1. The summed E-state index contributed by atoms with van der Waals surface area (Å²) in [5, 5.41) is 2.61. The molecule has 1 fully saturated rings. The molecule has 3 aromatic rings. The fourth-order valence-corrected chi connectivity index (χ4v) is 4.80. The molecule has 176 valence electrons. The Hall–Kier alpha value is -3.39. The predicted molar refractivity (Wildman–Crippen MR) is 128 cm³/mol. The van der Waals surface area contributed by atoms with Gasteiger partial charge in [0.1, 0.15) is 23.3 Å². The molecule has 1 aliphatic heterocycles. The summed E-state index contributed by atoms with van der Waals surface area (Å²) < 4.78 is 12.0. The largest absolute Gasteiger partial charge is 0.488 e. The van der Waals surface area contributed by atoms with Crippen LogP contribution in [0.5, 0.6) is 5.75 Å². The summed E-state index contributed by atoms with van der Waals surface area (Å²) in [4.78, 5) is 29.4. The first-order valence-electron chi connectivity index (χ1n) is 11.9. The van der Waals surface area contributed by atoms with Crippen molar-refractivity contribution in [2.45, 2.75) is 44.6 Å². The summed E-state index contributed by atoms with van der Waals surface area (Å²) in [6, 6.07) is 6.00. The van der Waals surface area contributed by atoms with E-state index in [1.807, 2.05) is 0 Å². The molecule has 5 rings (SSSR count). The summed E-state index contributed by atoms with van der Waals surface area (Å²) in [5.74, 6) is 1.14. The molecular formula is C26H29N5O3. The van der Waals surface area contributed by atoms with E-state index < -0.39 is 0 Å². The van der Waals surface area contributed by atoms with E-state index in [1.54, 1.807) is 25.5 Å². The Morgan fingerprint density at radius 3 is 2.74 bits per heavy atom. The second-order valence-corrected chi connectivity index (χ2v) is 8.89. The molecule has 0 spiro atoms. The van der Waals surface area contributed by atoms with Gasteiger partial charge < -0.3 is 14.8 Å². The third kappa shape index (κ3) is 5.07. The van der Waals surface area contributed by atoms with E-state index in [2.05, 4.69) is 43.5 Å². The van der Waals surface area contributed by atoms with Crippen molar-refractivity contribution in [1.29, 1.82) is 0 Å². The molecule has 3 heterocycles. The average molecular weight is 460 g/mol. The van der Waals surface area contributed by atoms with Gasteiger partial charge >= 0.3 is 0 Å². The van der Waals surface area contributed by atoms with Crippen LogP contribution in [0.15, 0.2) is 43.0 Å². The van der Waals surface area contributed by atoms with Gasteiger partial charge in [-0.3, -0.25) is 9.78 Å². The smallest absolute Gasteiger partial charge is 0.269 e. The van der Waals surface area contributed by atoms with Crippen LogP contribution in [0.4, 0.5) is 0 Å². The molecule has 8 nitrogen and oxygen atoms in total. The number of amides is 1. The van der Waals surface area contributed by atoms with Gasteiger partial charge in [0.15, 0.2) is 0 Å². The number of rotatable bonds is 6. The van der Waals surface area contributed by atoms with E-state index in [9.17, 15) is 4.79 Å². The molecule has 0 bridgehead atoms. The van der Waals surface area contributed by atoms with Crippen LogP contribution in [-0.2, 0) is 11.2 Å². The molecule has 1 N–H and O–H groups in total. The van der Waals surface area contributed by atoms with E-state index in [-0.39, 0.29) is 12.0 Å². The lowest BCUT2D eigenvalue weighted by molar-refractivity contribution is 0.0957. The van der Waals surface area contributed by atoms with Crippen LogP contribution in [-0.4, -0.2) is 52.2 Å². The van der Waals surface area contributed by atoms with Gasteiger partial charge in [-0.2, -0.15) is 0 Å². The van der Waals surface area contributed by atoms with Crippen molar-refractivity contribution >= 4 is 22.5 Å². The molecule has 1 aromatic carbocycles. The number of nitrogens with zero attached hydrogens (tertiary/aromatic N) is 4. The van der Waals surface area contributed by atoms with Crippen molar-refractivity contribution in [2.24, 2.45) is 5.92 Å². The first-order valence-corrected chi connectivity index (χ1v) is 11.9. The molecule has 0 atom stereocenters. The Morgan fingerprint density at radius 2 is 1.94 bits per heavy atom. The molecule has 2 aromatic heterocycles. The molecule has 2 aliphatic rings. The highest BCUT2D eigenvalue weighted by Crippen LogP contribution is 2.34. The van der Waals surface area contributed by atoms with Crippen molar-refractivity contribution in [2.75, 3.05) is 20.3 Å². The second-order valence-electron chi connectivity index (χ2n) is 8.89. The zero-order valence-corrected chi connectivity index (χ0v) is 19.4. The zero-order chi connectivity index (χ0) is 23.3. The van der Waals surface area contributed by atoms with E-state index in [0.717, 1.165) is 73.2 Å². The van der Waals surface area contributed by atoms with Gasteiger partial charge in [-0.25, -0.2) is 15.0 Å². The van der Waals surface area contributed by atoms with Crippen LogP contribution >= 0.6 is 0 Å². The van der Waals surface area contributed by atoms with Gasteiger partial charge in [-0.05, 0) is 73.8 Å². The van der Waals surface area contributed by atoms with Crippen molar-refractivity contribution in [3.05, 3.63) is 59.9 Å². The van der Waals surface area contributed by atoms with Gasteiger partial charge in [0, 0.05) is 25.1 Å². The molecule has 1 saturated carbocycles. The van der Waals surface area contributed by atoms with Crippen LogP contribution in [0.25, 0.3) is 16.6 Å². The third-order valence-corrected chi connectivity index (χ3v) is 6.64. The minimum absolute atomic E-state index is 0.146. The lowest BCUT2D eigenvalue weighted by Crippen LogP contribution is -2.25. The van der Waals surface area contributed by atoms with Gasteiger partial charge in [0.25, 0.3) is 5.91 Å². The Morgan fingerprint density at radius 1 is 1.09 bits per heavy atom. The van der Waals surface area contributed by atoms with Gasteiger partial charge in [-0.15, -0.1) is 0 Å². The van der Waals surface area contributed by atoms with E-state index in [4.69, 9.17) is 9.47 Å². The van der Waals surface area contributed by atoms with Crippen molar-refractivity contribution < 1.29 is 14.3 Å². The van der Waals surface area contributed by atoms with Crippen LogP contribution in [0.2, 0.25) is 0 Å². The molecule has 8 heteroatoms. The lowest BCUT2D eigenvalue weighted by Gasteiger charge is -2.29. The van der Waals surface area contributed by atoms with Gasteiger partial charge in [0.05, 0.1) is 24.8 Å². The third-order valence-electron chi connectivity index (χ3n) is 6.64. The van der Waals surface area contributed by atoms with E-state index in [1.165, 1.54) is 11.9 Å². The molecular weight excluding hydrogens is 430 g/mol. The number of hydrogen-bond donors (Lipinski definition) is 1. The average Bonchev–Trinajstić information content (AvgIpc) is 2.90. The van der Waals surface area contributed by atoms with Crippen LogP contribution in [0.1, 0.15) is 53.8 Å². The number of benzene rings is 1. The number of hydrogen-bond acceptors (Lipinski definition) is 7. The molecule has 0 unspecified atom stereocenters. The van der Waals surface area contributed by atoms with Crippen molar-refractivity contribution in [1.82, 2.24) is 25.3 Å². The number of fused-ring (bicyclic) bond motifs is 1. The summed E-state index contributed by atoms with van der Waals surface area (Å²) in [6.07, 6.45) is 13.0. The van der Waals surface area contributed by atoms with E-state index >= 15 is 0 Å². The Labute approximate surface area is 198 Å². The quantitative estimate of drug-likeness (QED) is 0.599. The zero-order valence-electron chi connectivity index (χ0n) is 19.4. The minimum atomic E-state index is -0.185. The summed E-state index contributed by atoms with van der Waals surface area (Å²) in [6.45, 7) is 1.38. The Bertz CT molecular complexity index is 1200. The minimum Gasteiger partial charge on any atom is -0.488 e. The normalized spacial score (nSPS) is 20.6. The number of carbonyl (C=O) groups is 1. The fraction of sp³-hybridized carbons (Fsp3) is 0.423. The Kier molecular flexibility index (Phi) is 6.76. The Balaban J connectivity index is 1.26. The first kappa shape index (κ1) is 22.4. The summed E-state index contributed by atoms with van der Waals surface area (Å²) >= 11 is 0. The molecule has 34 heavy (non-hydrogen) atoms. The second kappa shape index (κ2) is 10.3. The summed E-state index contributed by atoms with van der Waals surface area (Å²) in [5.41, 5.74) is 5.40. The van der Waals surface area contributed by atoms with Crippen LogP contribution < -0.4 is 10.1 Å². The van der Waals surface area contributed by atoms with Gasteiger partial charge in [0.2, 0.25) is 0 Å². The van der Waals surface area contributed by atoms with Crippen molar-refractivity contribution in [3.8, 4) is 5.75 Å². The number of aromatic nitrogens is 4. The van der Waals surface area contributed by atoms with Gasteiger partial charge in [-0.1, -0.05) is 6.08 Å². The molecule has 1 amide bonds. The standard InChI is InChI=1S/C26H29N5O3/c1-27-26(32)23-15-20(30-16-31-23)12-17-2-4-21(5-3-17)34-24-14-19(18-6-10-33-11-7-18)13-22-25(24)29-9-8-28-22/h6,8-9,13-17,21H,2-5,7,10-12H2,1H3,(H,27,32). The molecule has 0 radical (unpaired) electrons. The number of carbonyl (C=O) groups excluding carboxylic acids is 1. The topological polar surface area (TPSA) is 99.1 Å². The number of ether oxygens (including phenoxy) is 2. The molecule has 0 saturated heterocycles. The fourth-order valence-electron chi connectivity index (χ4n) is 4.80.